The van der Waals surface area contributed by atoms with Crippen LogP contribution in [0.15, 0.2) is 12.1 Å². The zero-order valence-corrected chi connectivity index (χ0v) is 15.4. The Hall–Kier alpha value is -0.680. The average molecular weight is 361 g/mol. The van der Waals surface area contributed by atoms with E-state index >= 15 is 0 Å². The number of likely N-dealkylation sites (tertiary alicyclic amines) is 1. The van der Waals surface area contributed by atoms with Crippen molar-refractivity contribution in [2.75, 3.05) is 39.9 Å². The number of nitrogens with one attached hydrogen (secondary N) is 1. The van der Waals surface area contributed by atoms with Gasteiger partial charge < -0.3 is 14.8 Å². The molecular formula is C17H26Cl2N2O2. The van der Waals surface area contributed by atoms with Gasteiger partial charge in [-0.1, -0.05) is 11.6 Å². The Balaban J connectivity index is 0.00000192. The predicted molar refractivity (Wildman–Crippen MR) is 96.2 cm³/mol. The molecule has 2 saturated heterocycles. The van der Waals surface area contributed by atoms with Crippen LogP contribution in [0.4, 0.5) is 0 Å². The number of methoxy groups -OCH3 is 1. The third-order valence-corrected chi connectivity index (χ3v) is 5.11. The Morgan fingerprint density at radius 1 is 1.35 bits per heavy atom. The highest BCUT2D eigenvalue weighted by Crippen LogP contribution is 2.39. The summed E-state index contributed by atoms with van der Waals surface area (Å²) in [6.45, 7) is 8.16. The van der Waals surface area contributed by atoms with Gasteiger partial charge in [0, 0.05) is 19.6 Å². The number of halogens is 2. The minimum Gasteiger partial charge on any atom is -0.491 e. The maximum Gasteiger partial charge on any atom is 0.179 e. The Labute approximate surface area is 149 Å². The Bertz CT molecular complexity index is 534. The third kappa shape index (κ3) is 4.05. The van der Waals surface area contributed by atoms with Gasteiger partial charge in [0.2, 0.25) is 0 Å². The normalized spacial score (nSPS) is 24.0. The molecule has 1 unspecified atom stereocenters. The summed E-state index contributed by atoms with van der Waals surface area (Å²) in [5, 5.41) is 4.13. The standard InChI is InChI=1S/C17H25ClN2O2.ClH/c1-3-22-15-9-13(8-14(18)16(15)21-2)10-20-7-5-17(12-20)4-6-19-11-17;/h8-9,19H,3-7,10-12H2,1-2H3;1H. The van der Waals surface area contributed by atoms with Gasteiger partial charge in [-0.25, -0.2) is 0 Å². The fourth-order valence-electron chi connectivity index (χ4n) is 3.74. The molecule has 1 aromatic carbocycles. The van der Waals surface area contributed by atoms with E-state index in [1.165, 1.54) is 24.9 Å². The molecule has 3 rings (SSSR count). The van der Waals surface area contributed by atoms with E-state index in [1.54, 1.807) is 7.11 Å². The lowest BCUT2D eigenvalue weighted by Crippen LogP contribution is -2.28. The highest BCUT2D eigenvalue weighted by Gasteiger charge is 2.40. The summed E-state index contributed by atoms with van der Waals surface area (Å²) in [6.07, 6.45) is 2.60. The molecule has 0 aromatic heterocycles. The highest BCUT2D eigenvalue weighted by atomic mass is 35.5. The predicted octanol–water partition coefficient (Wildman–Crippen LogP) is 3.35. The first-order valence-corrected chi connectivity index (χ1v) is 8.46. The van der Waals surface area contributed by atoms with Crippen LogP contribution >= 0.6 is 24.0 Å². The molecule has 0 radical (unpaired) electrons. The van der Waals surface area contributed by atoms with Crippen molar-refractivity contribution in [3.05, 3.63) is 22.7 Å². The quantitative estimate of drug-likeness (QED) is 0.872. The minimum atomic E-state index is 0. The Morgan fingerprint density at radius 3 is 2.83 bits per heavy atom. The van der Waals surface area contributed by atoms with Crippen molar-refractivity contribution in [3.63, 3.8) is 0 Å². The van der Waals surface area contributed by atoms with Crippen molar-refractivity contribution in [2.24, 2.45) is 5.41 Å². The van der Waals surface area contributed by atoms with Crippen LogP contribution in [-0.2, 0) is 6.54 Å². The number of ether oxygens (including phenoxy) is 2. The first kappa shape index (κ1) is 18.7. The number of nitrogens with zero attached hydrogens (tertiary/aromatic N) is 1. The van der Waals surface area contributed by atoms with Crippen molar-refractivity contribution in [1.29, 1.82) is 0 Å². The minimum absolute atomic E-state index is 0. The van der Waals surface area contributed by atoms with Gasteiger partial charge in [-0.05, 0) is 56.0 Å². The summed E-state index contributed by atoms with van der Waals surface area (Å²) < 4.78 is 11.0. The van der Waals surface area contributed by atoms with E-state index in [0.29, 0.717) is 22.8 Å². The maximum atomic E-state index is 6.34. The SMILES string of the molecule is CCOc1cc(CN2CCC3(CCNC3)C2)cc(Cl)c1OC.Cl. The van der Waals surface area contributed by atoms with E-state index in [4.69, 9.17) is 21.1 Å². The van der Waals surface area contributed by atoms with E-state index in [9.17, 15) is 0 Å². The topological polar surface area (TPSA) is 33.7 Å². The molecule has 1 spiro atoms. The van der Waals surface area contributed by atoms with Crippen LogP contribution in [0.25, 0.3) is 0 Å². The molecular weight excluding hydrogens is 335 g/mol. The van der Waals surface area contributed by atoms with Crippen LogP contribution in [0.2, 0.25) is 5.02 Å². The van der Waals surface area contributed by atoms with Gasteiger partial charge >= 0.3 is 0 Å². The summed E-state index contributed by atoms with van der Waals surface area (Å²) in [4.78, 5) is 2.53. The molecule has 1 atom stereocenters. The second-order valence-corrected chi connectivity index (χ2v) is 6.84. The zero-order chi connectivity index (χ0) is 15.6. The van der Waals surface area contributed by atoms with Crippen molar-refractivity contribution in [1.82, 2.24) is 10.2 Å². The summed E-state index contributed by atoms with van der Waals surface area (Å²) in [5.41, 5.74) is 1.69. The average Bonchev–Trinajstić information content (AvgIpc) is 3.10. The molecule has 130 valence electrons. The molecule has 0 aliphatic carbocycles. The van der Waals surface area contributed by atoms with E-state index in [-0.39, 0.29) is 12.4 Å². The molecule has 0 amide bonds. The lowest BCUT2D eigenvalue weighted by Gasteiger charge is -2.23. The van der Waals surface area contributed by atoms with Crippen LogP contribution in [0.3, 0.4) is 0 Å². The number of hydrogen-bond acceptors (Lipinski definition) is 4. The third-order valence-electron chi connectivity index (χ3n) is 4.83. The molecule has 2 fully saturated rings. The van der Waals surface area contributed by atoms with Crippen molar-refractivity contribution < 1.29 is 9.47 Å². The van der Waals surface area contributed by atoms with E-state index in [1.807, 2.05) is 13.0 Å². The van der Waals surface area contributed by atoms with E-state index in [2.05, 4.69) is 16.3 Å². The molecule has 23 heavy (non-hydrogen) atoms. The van der Waals surface area contributed by atoms with Gasteiger partial charge in [-0.2, -0.15) is 0 Å². The highest BCUT2D eigenvalue weighted by molar-refractivity contribution is 6.32. The molecule has 0 bridgehead atoms. The number of rotatable bonds is 5. The summed E-state index contributed by atoms with van der Waals surface area (Å²) in [7, 11) is 1.63. The summed E-state index contributed by atoms with van der Waals surface area (Å²) >= 11 is 6.34. The largest absolute Gasteiger partial charge is 0.491 e. The second kappa shape index (κ2) is 7.93. The molecule has 2 aliphatic rings. The molecule has 2 aliphatic heterocycles. The fourth-order valence-corrected chi connectivity index (χ4v) is 4.05. The van der Waals surface area contributed by atoms with E-state index in [0.717, 1.165) is 31.9 Å². The molecule has 6 heteroatoms. The van der Waals surface area contributed by atoms with Gasteiger partial charge in [0.1, 0.15) is 0 Å². The van der Waals surface area contributed by atoms with Crippen molar-refractivity contribution in [3.8, 4) is 11.5 Å². The first-order valence-electron chi connectivity index (χ1n) is 8.08. The molecule has 0 saturated carbocycles. The van der Waals surface area contributed by atoms with Gasteiger partial charge in [-0.15, -0.1) is 12.4 Å². The van der Waals surface area contributed by atoms with Crippen LogP contribution in [-0.4, -0.2) is 44.8 Å². The zero-order valence-electron chi connectivity index (χ0n) is 13.9. The lowest BCUT2D eigenvalue weighted by atomic mass is 9.86. The maximum absolute atomic E-state index is 6.34. The second-order valence-electron chi connectivity index (χ2n) is 6.43. The van der Waals surface area contributed by atoms with Crippen LogP contribution in [0, 0.1) is 5.41 Å². The van der Waals surface area contributed by atoms with Crippen LogP contribution in [0.1, 0.15) is 25.3 Å². The van der Waals surface area contributed by atoms with Gasteiger partial charge in [0.25, 0.3) is 0 Å². The number of hydrogen-bond donors (Lipinski definition) is 1. The summed E-state index contributed by atoms with van der Waals surface area (Å²) in [5.74, 6) is 1.37. The van der Waals surface area contributed by atoms with Crippen LogP contribution < -0.4 is 14.8 Å². The monoisotopic (exact) mass is 360 g/mol. The van der Waals surface area contributed by atoms with E-state index < -0.39 is 0 Å². The summed E-state index contributed by atoms with van der Waals surface area (Å²) in [6, 6.07) is 4.06. The first-order chi connectivity index (χ1) is 10.7. The van der Waals surface area contributed by atoms with Crippen molar-refractivity contribution >= 4 is 24.0 Å². The lowest BCUT2D eigenvalue weighted by molar-refractivity contribution is 0.267. The van der Waals surface area contributed by atoms with Gasteiger partial charge in [-0.3, -0.25) is 4.90 Å². The Kier molecular flexibility index (Phi) is 6.43. The van der Waals surface area contributed by atoms with Gasteiger partial charge in [0.15, 0.2) is 11.5 Å². The Morgan fingerprint density at radius 2 is 2.17 bits per heavy atom. The molecule has 4 nitrogen and oxygen atoms in total. The van der Waals surface area contributed by atoms with Crippen molar-refractivity contribution in [2.45, 2.75) is 26.3 Å². The molecule has 2 heterocycles. The van der Waals surface area contributed by atoms with Crippen LogP contribution in [0.5, 0.6) is 11.5 Å². The smallest absolute Gasteiger partial charge is 0.179 e. The fraction of sp³-hybridized carbons (Fsp3) is 0.647. The number of benzene rings is 1. The molecule has 1 aromatic rings. The molecule has 1 N–H and O–H groups in total. The van der Waals surface area contributed by atoms with Gasteiger partial charge in [0.05, 0.1) is 18.7 Å².